The van der Waals surface area contributed by atoms with Crippen molar-refractivity contribution in [1.82, 2.24) is 4.98 Å². The second-order valence-electron chi connectivity index (χ2n) is 4.37. The van der Waals surface area contributed by atoms with Crippen LogP contribution in [0, 0.1) is 0 Å². The molecule has 1 N–H and O–H groups in total. The summed E-state index contributed by atoms with van der Waals surface area (Å²) >= 11 is 0. The molecule has 1 aliphatic rings. The lowest BCUT2D eigenvalue weighted by atomic mass is 10.1. The van der Waals surface area contributed by atoms with Crippen LogP contribution < -0.4 is 10.7 Å². The molecule has 0 saturated heterocycles. The molecular formula is C14H7N3O2. The SMILES string of the molecule is O=C1N=c2ccc3nc4cc(O)ccc4cc3c2=N1. The van der Waals surface area contributed by atoms with Crippen molar-refractivity contribution in [2.24, 2.45) is 9.98 Å². The third-order valence-electron chi connectivity index (χ3n) is 3.15. The Morgan fingerprint density at radius 2 is 1.84 bits per heavy atom. The topological polar surface area (TPSA) is 74.9 Å². The minimum atomic E-state index is -0.478. The van der Waals surface area contributed by atoms with Crippen molar-refractivity contribution in [3.63, 3.8) is 0 Å². The quantitative estimate of drug-likeness (QED) is 0.613. The maximum atomic E-state index is 11.3. The largest absolute Gasteiger partial charge is 0.508 e. The summed E-state index contributed by atoms with van der Waals surface area (Å²) in [7, 11) is 0. The number of phenols is 1. The Labute approximate surface area is 106 Å². The van der Waals surface area contributed by atoms with Gasteiger partial charge < -0.3 is 5.11 Å². The van der Waals surface area contributed by atoms with E-state index in [4.69, 9.17) is 0 Å². The van der Waals surface area contributed by atoms with Gasteiger partial charge in [0.15, 0.2) is 0 Å². The lowest BCUT2D eigenvalue weighted by Gasteiger charge is -2.01. The summed E-state index contributed by atoms with van der Waals surface area (Å²) in [5.41, 5.74) is 1.43. The number of amides is 2. The summed E-state index contributed by atoms with van der Waals surface area (Å²) in [4.78, 5) is 23.5. The molecule has 0 aliphatic carbocycles. The standard InChI is InChI=1S/C14H7N3O2/c18-8-2-1-7-5-9-10(15-12(7)6-8)3-4-11-13(9)17-14(19)16-11/h1-6,18H. The minimum Gasteiger partial charge on any atom is -0.508 e. The third-order valence-corrected chi connectivity index (χ3v) is 3.15. The van der Waals surface area contributed by atoms with E-state index in [2.05, 4.69) is 15.0 Å². The van der Waals surface area contributed by atoms with Crippen molar-refractivity contribution in [2.45, 2.75) is 0 Å². The molecule has 1 aliphatic heterocycles. The number of aromatic hydroxyl groups is 1. The number of fused-ring (bicyclic) bond motifs is 4. The van der Waals surface area contributed by atoms with Crippen LogP contribution in [0.25, 0.3) is 21.8 Å². The maximum Gasteiger partial charge on any atom is 0.368 e. The van der Waals surface area contributed by atoms with Crippen LogP contribution in [0.5, 0.6) is 5.75 Å². The van der Waals surface area contributed by atoms with E-state index in [-0.39, 0.29) is 5.75 Å². The van der Waals surface area contributed by atoms with E-state index in [1.807, 2.05) is 6.07 Å². The summed E-state index contributed by atoms with van der Waals surface area (Å²) < 4.78 is 0. The van der Waals surface area contributed by atoms with Gasteiger partial charge in [0.25, 0.3) is 0 Å². The Morgan fingerprint density at radius 3 is 2.74 bits per heavy atom. The number of pyridine rings is 1. The molecule has 2 amide bonds. The molecule has 3 aromatic rings. The minimum absolute atomic E-state index is 0.176. The number of aromatic nitrogens is 1. The fourth-order valence-electron chi connectivity index (χ4n) is 2.29. The molecule has 0 bridgehead atoms. The zero-order valence-electron chi connectivity index (χ0n) is 9.66. The van der Waals surface area contributed by atoms with Crippen LogP contribution in [-0.2, 0) is 0 Å². The van der Waals surface area contributed by atoms with Gasteiger partial charge in [-0.1, -0.05) is 0 Å². The molecule has 0 unspecified atom stereocenters. The van der Waals surface area contributed by atoms with E-state index < -0.39 is 6.03 Å². The Hall–Kier alpha value is -2.82. The Morgan fingerprint density at radius 1 is 0.947 bits per heavy atom. The van der Waals surface area contributed by atoms with Gasteiger partial charge in [0.2, 0.25) is 0 Å². The van der Waals surface area contributed by atoms with E-state index >= 15 is 0 Å². The predicted molar refractivity (Wildman–Crippen MR) is 68.6 cm³/mol. The van der Waals surface area contributed by atoms with E-state index in [0.29, 0.717) is 16.2 Å². The fraction of sp³-hybridized carbons (Fsp3) is 0. The van der Waals surface area contributed by atoms with Crippen molar-refractivity contribution in [3.05, 3.63) is 47.1 Å². The third kappa shape index (κ3) is 1.41. The number of hydrogen-bond acceptors (Lipinski definition) is 3. The van der Waals surface area contributed by atoms with Crippen LogP contribution in [0.1, 0.15) is 0 Å². The molecular weight excluding hydrogens is 242 g/mol. The number of carbonyl (C=O) groups is 1. The van der Waals surface area contributed by atoms with Crippen LogP contribution in [0.3, 0.4) is 0 Å². The summed E-state index contributed by atoms with van der Waals surface area (Å²) in [6, 6.07) is 9.95. The van der Waals surface area contributed by atoms with Crippen molar-refractivity contribution in [1.29, 1.82) is 0 Å². The molecule has 1 aromatic heterocycles. The highest BCUT2D eigenvalue weighted by Gasteiger charge is 2.10. The molecule has 0 radical (unpaired) electrons. The number of hydrogen-bond donors (Lipinski definition) is 1. The van der Waals surface area contributed by atoms with Gasteiger partial charge in [0.05, 0.1) is 16.4 Å². The van der Waals surface area contributed by atoms with Gasteiger partial charge in [-0.2, -0.15) is 9.98 Å². The Bertz CT molecular complexity index is 993. The van der Waals surface area contributed by atoms with E-state index in [1.54, 1.807) is 30.3 Å². The molecule has 5 heteroatoms. The number of carbonyl (C=O) groups excluding carboxylic acids is 1. The fourth-order valence-corrected chi connectivity index (χ4v) is 2.29. The lowest BCUT2D eigenvalue weighted by molar-refractivity contribution is 0.257. The van der Waals surface area contributed by atoms with Gasteiger partial charge in [-0.05, 0) is 30.3 Å². The molecule has 0 atom stereocenters. The molecule has 2 aromatic carbocycles. The van der Waals surface area contributed by atoms with E-state index in [0.717, 1.165) is 16.3 Å². The summed E-state index contributed by atoms with van der Waals surface area (Å²) in [6.45, 7) is 0. The van der Waals surface area contributed by atoms with Gasteiger partial charge in [-0.15, -0.1) is 0 Å². The number of phenolic OH excluding ortho intramolecular Hbond substituents is 1. The average molecular weight is 249 g/mol. The zero-order chi connectivity index (χ0) is 13.0. The van der Waals surface area contributed by atoms with Crippen LogP contribution in [-0.4, -0.2) is 16.1 Å². The molecule has 0 spiro atoms. The van der Waals surface area contributed by atoms with Gasteiger partial charge in [-0.25, -0.2) is 9.78 Å². The van der Waals surface area contributed by atoms with Gasteiger partial charge in [-0.3, -0.25) is 0 Å². The normalized spacial score (nSPS) is 13.4. The summed E-state index contributed by atoms with van der Waals surface area (Å²) in [6.07, 6.45) is 0. The van der Waals surface area contributed by atoms with E-state index in [1.165, 1.54) is 0 Å². The van der Waals surface area contributed by atoms with Crippen LogP contribution in [0.15, 0.2) is 46.4 Å². The molecule has 5 nitrogen and oxygen atoms in total. The number of urea groups is 1. The lowest BCUT2D eigenvalue weighted by Crippen LogP contribution is -2.22. The van der Waals surface area contributed by atoms with Crippen LogP contribution in [0.4, 0.5) is 4.79 Å². The second kappa shape index (κ2) is 3.35. The first kappa shape index (κ1) is 10.1. The van der Waals surface area contributed by atoms with Crippen molar-refractivity contribution >= 4 is 27.8 Å². The highest BCUT2D eigenvalue weighted by Crippen LogP contribution is 2.21. The molecule has 0 fully saturated rings. The molecule has 2 heterocycles. The average Bonchev–Trinajstić information content (AvgIpc) is 2.77. The van der Waals surface area contributed by atoms with Crippen LogP contribution in [0.2, 0.25) is 0 Å². The number of benzene rings is 2. The van der Waals surface area contributed by atoms with Gasteiger partial charge in [0.1, 0.15) is 11.1 Å². The maximum absolute atomic E-state index is 11.3. The summed E-state index contributed by atoms with van der Waals surface area (Å²) in [5, 5.41) is 12.3. The molecule has 4 rings (SSSR count). The Kier molecular flexibility index (Phi) is 1.79. The van der Waals surface area contributed by atoms with Crippen molar-refractivity contribution in [2.75, 3.05) is 0 Å². The molecule has 0 saturated carbocycles. The number of rotatable bonds is 0. The Balaban J connectivity index is 2.24. The van der Waals surface area contributed by atoms with Crippen molar-refractivity contribution < 1.29 is 9.90 Å². The second-order valence-corrected chi connectivity index (χ2v) is 4.37. The van der Waals surface area contributed by atoms with Gasteiger partial charge in [0, 0.05) is 16.8 Å². The zero-order valence-corrected chi connectivity index (χ0v) is 9.66. The number of nitrogens with zero attached hydrogens (tertiary/aromatic N) is 3. The first-order valence-electron chi connectivity index (χ1n) is 5.75. The molecule has 19 heavy (non-hydrogen) atoms. The first-order valence-corrected chi connectivity index (χ1v) is 5.75. The monoisotopic (exact) mass is 249 g/mol. The summed E-state index contributed by atoms with van der Waals surface area (Å²) in [5.74, 6) is 0.176. The van der Waals surface area contributed by atoms with Crippen molar-refractivity contribution in [3.8, 4) is 5.75 Å². The molecule has 90 valence electrons. The highest BCUT2D eigenvalue weighted by molar-refractivity contribution is 5.94. The van der Waals surface area contributed by atoms with Crippen LogP contribution >= 0.6 is 0 Å². The smallest absolute Gasteiger partial charge is 0.368 e. The first-order chi connectivity index (χ1) is 9.20. The van der Waals surface area contributed by atoms with E-state index in [9.17, 15) is 9.90 Å². The highest BCUT2D eigenvalue weighted by atomic mass is 16.3. The van der Waals surface area contributed by atoms with Gasteiger partial charge >= 0.3 is 6.03 Å². The predicted octanol–water partition coefficient (Wildman–Crippen LogP) is 1.47.